The Hall–Kier alpha value is -2.61. The van der Waals surface area contributed by atoms with Crippen LogP contribution in [0.5, 0.6) is 0 Å². The zero-order valence-electron chi connectivity index (χ0n) is 12.1. The maximum Gasteiger partial charge on any atom is 0.259 e. The zero-order chi connectivity index (χ0) is 15.5. The number of carbonyl (C=O) groups is 1. The molecule has 0 aliphatic heterocycles. The van der Waals surface area contributed by atoms with Crippen LogP contribution in [0.15, 0.2) is 37.1 Å². The summed E-state index contributed by atoms with van der Waals surface area (Å²) >= 11 is 1.38. The maximum absolute atomic E-state index is 12.2. The van der Waals surface area contributed by atoms with Crippen LogP contribution in [0.3, 0.4) is 0 Å². The Morgan fingerprint density at radius 2 is 2.18 bits per heavy atom. The van der Waals surface area contributed by atoms with Crippen molar-refractivity contribution < 1.29 is 4.79 Å². The second-order valence-electron chi connectivity index (χ2n) is 4.93. The molecule has 3 rings (SSSR count). The second kappa shape index (κ2) is 6.02. The van der Waals surface area contributed by atoms with Gasteiger partial charge in [-0.25, -0.2) is 9.97 Å². The molecular weight excluding hydrogens is 300 g/mol. The summed E-state index contributed by atoms with van der Waals surface area (Å²) in [5, 5.41) is 12.1. The first kappa shape index (κ1) is 14.3. The van der Waals surface area contributed by atoms with Crippen LogP contribution in [0, 0.1) is 0 Å². The van der Waals surface area contributed by atoms with E-state index in [-0.39, 0.29) is 5.91 Å². The average Bonchev–Trinajstić information content (AvgIpc) is 3.19. The predicted molar refractivity (Wildman–Crippen MR) is 83.3 cm³/mol. The third-order valence-corrected chi connectivity index (χ3v) is 4.07. The predicted octanol–water partition coefficient (Wildman–Crippen LogP) is 2.49. The minimum Gasteiger partial charge on any atom is -0.296 e. The number of carbonyl (C=O) groups excluding carboxylic acids is 1. The van der Waals surface area contributed by atoms with E-state index in [0.717, 1.165) is 5.01 Å². The summed E-state index contributed by atoms with van der Waals surface area (Å²) in [6, 6.07) is 3.47. The smallest absolute Gasteiger partial charge is 0.259 e. The summed E-state index contributed by atoms with van der Waals surface area (Å²) in [6.07, 6.45) is 6.63. The summed E-state index contributed by atoms with van der Waals surface area (Å²) in [5.41, 5.74) is 0.463. The van der Waals surface area contributed by atoms with Crippen LogP contribution in [0.1, 0.15) is 35.1 Å². The van der Waals surface area contributed by atoms with Gasteiger partial charge in [0.15, 0.2) is 0 Å². The lowest BCUT2D eigenvalue weighted by Gasteiger charge is -2.03. The minimum atomic E-state index is -0.254. The molecule has 0 bridgehead atoms. The van der Waals surface area contributed by atoms with Gasteiger partial charge in [-0.1, -0.05) is 25.2 Å². The van der Waals surface area contributed by atoms with Crippen LogP contribution in [0.4, 0.5) is 5.13 Å². The van der Waals surface area contributed by atoms with Gasteiger partial charge in [0.25, 0.3) is 5.91 Å². The van der Waals surface area contributed by atoms with Crippen molar-refractivity contribution in [3.8, 4) is 5.82 Å². The Bertz CT molecular complexity index is 763. The molecule has 1 amide bonds. The van der Waals surface area contributed by atoms with Crippen molar-refractivity contribution in [2.45, 2.75) is 19.8 Å². The van der Waals surface area contributed by atoms with E-state index in [2.05, 4.69) is 25.5 Å². The molecule has 0 spiro atoms. The number of nitrogens with one attached hydrogen (secondary N) is 1. The van der Waals surface area contributed by atoms with Crippen LogP contribution in [0.25, 0.3) is 5.82 Å². The molecule has 0 atom stereocenters. The highest BCUT2D eigenvalue weighted by atomic mass is 32.1. The molecule has 1 N–H and O–H groups in total. The second-order valence-corrected chi connectivity index (χ2v) is 5.94. The lowest BCUT2D eigenvalue weighted by atomic mass is 10.2. The number of hydrogen-bond donors (Lipinski definition) is 1. The van der Waals surface area contributed by atoms with E-state index in [1.54, 1.807) is 35.4 Å². The Balaban J connectivity index is 1.72. The highest BCUT2D eigenvalue weighted by Crippen LogP contribution is 2.22. The van der Waals surface area contributed by atoms with Gasteiger partial charge in [0.2, 0.25) is 5.13 Å². The Kier molecular flexibility index (Phi) is 3.92. The first-order chi connectivity index (χ1) is 10.6. The normalized spacial score (nSPS) is 10.9. The molecule has 112 valence electrons. The van der Waals surface area contributed by atoms with Crippen LogP contribution < -0.4 is 5.32 Å². The van der Waals surface area contributed by atoms with E-state index < -0.39 is 0 Å². The van der Waals surface area contributed by atoms with Crippen LogP contribution in [-0.2, 0) is 0 Å². The molecule has 3 aromatic rings. The number of aromatic nitrogens is 5. The first-order valence-electron chi connectivity index (χ1n) is 6.72. The highest BCUT2D eigenvalue weighted by Gasteiger charge is 2.12. The molecule has 0 fully saturated rings. The molecule has 8 heteroatoms. The van der Waals surface area contributed by atoms with Gasteiger partial charge in [-0.15, -0.1) is 10.2 Å². The van der Waals surface area contributed by atoms with Gasteiger partial charge < -0.3 is 0 Å². The summed E-state index contributed by atoms with van der Waals surface area (Å²) in [4.78, 5) is 20.4. The number of imidazole rings is 1. The van der Waals surface area contributed by atoms with Gasteiger partial charge in [0.05, 0.1) is 5.56 Å². The first-order valence-corrected chi connectivity index (χ1v) is 7.54. The molecule has 0 aromatic carbocycles. The maximum atomic E-state index is 12.2. The molecule has 22 heavy (non-hydrogen) atoms. The molecule has 3 heterocycles. The van der Waals surface area contributed by atoms with Crippen LogP contribution >= 0.6 is 11.3 Å². The number of hydrogen-bond acceptors (Lipinski definition) is 6. The molecular formula is C14H14N6OS. The Morgan fingerprint density at radius 1 is 1.32 bits per heavy atom. The fourth-order valence-corrected chi connectivity index (χ4v) is 2.50. The fourth-order valence-electron chi connectivity index (χ4n) is 1.76. The van der Waals surface area contributed by atoms with E-state index in [9.17, 15) is 4.79 Å². The fraction of sp³-hybridized carbons (Fsp3) is 0.214. The van der Waals surface area contributed by atoms with E-state index in [0.29, 0.717) is 22.4 Å². The number of anilines is 1. The third kappa shape index (κ3) is 3.01. The molecule has 3 aromatic heterocycles. The topological polar surface area (TPSA) is 85.6 Å². The molecule has 0 unspecified atom stereocenters. The summed E-state index contributed by atoms with van der Waals surface area (Å²) in [7, 11) is 0. The van der Waals surface area contributed by atoms with Crippen molar-refractivity contribution in [1.29, 1.82) is 0 Å². The van der Waals surface area contributed by atoms with Gasteiger partial charge >= 0.3 is 0 Å². The van der Waals surface area contributed by atoms with Crippen molar-refractivity contribution in [2.75, 3.05) is 5.32 Å². The van der Waals surface area contributed by atoms with Crippen LogP contribution in [-0.4, -0.2) is 30.6 Å². The SMILES string of the molecule is CC(C)c1nnc(NC(=O)c2ccc(-n3ccnc3)nc2)s1. The lowest BCUT2D eigenvalue weighted by molar-refractivity contribution is 0.102. The van der Waals surface area contributed by atoms with E-state index in [1.165, 1.54) is 17.5 Å². The molecule has 0 saturated heterocycles. The molecule has 0 saturated carbocycles. The monoisotopic (exact) mass is 314 g/mol. The summed E-state index contributed by atoms with van der Waals surface area (Å²) in [5.74, 6) is 0.738. The number of pyridine rings is 1. The quantitative estimate of drug-likeness (QED) is 0.799. The van der Waals surface area contributed by atoms with Gasteiger partial charge in [-0.2, -0.15) is 0 Å². The Morgan fingerprint density at radius 3 is 2.77 bits per heavy atom. The highest BCUT2D eigenvalue weighted by molar-refractivity contribution is 7.15. The van der Waals surface area contributed by atoms with Crippen molar-refractivity contribution >= 4 is 22.4 Å². The van der Waals surface area contributed by atoms with E-state index in [4.69, 9.17) is 0 Å². The van der Waals surface area contributed by atoms with Crippen molar-refractivity contribution in [3.05, 3.63) is 47.6 Å². The molecule has 0 aliphatic rings. The number of nitrogens with zero attached hydrogens (tertiary/aromatic N) is 5. The largest absolute Gasteiger partial charge is 0.296 e. The van der Waals surface area contributed by atoms with E-state index in [1.807, 2.05) is 13.8 Å². The van der Waals surface area contributed by atoms with Crippen molar-refractivity contribution in [2.24, 2.45) is 0 Å². The van der Waals surface area contributed by atoms with E-state index >= 15 is 0 Å². The lowest BCUT2D eigenvalue weighted by Crippen LogP contribution is -2.12. The summed E-state index contributed by atoms with van der Waals surface area (Å²) in [6.45, 7) is 4.07. The summed E-state index contributed by atoms with van der Waals surface area (Å²) < 4.78 is 1.77. The minimum absolute atomic E-state index is 0.254. The van der Waals surface area contributed by atoms with Gasteiger partial charge in [-0.05, 0) is 12.1 Å². The standard InChI is InChI=1S/C14H14N6OS/c1-9(2)13-18-19-14(22-13)17-12(21)10-3-4-11(16-7-10)20-6-5-15-8-20/h3-9H,1-2H3,(H,17,19,21). The van der Waals surface area contributed by atoms with Crippen molar-refractivity contribution in [1.82, 2.24) is 24.7 Å². The van der Waals surface area contributed by atoms with Crippen LogP contribution in [0.2, 0.25) is 0 Å². The van der Waals surface area contributed by atoms with Crippen molar-refractivity contribution in [3.63, 3.8) is 0 Å². The molecule has 0 radical (unpaired) electrons. The number of rotatable bonds is 4. The van der Waals surface area contributed by atoms with Gasteiger partial charge in [0, 0.05) is 24.5 Å². The van der Waals surface area contributed by atoms with Gasteiger partial charge in [0.1, 0.15) is 17.2 Å². The number of amides is 1. The molecule has 7 nitrogen and oxygen atoms in total. The zero-order valence-corrected chi connectivity index (χ0v) is 12.9. The third-order valence-electron chi connectivity index (χ3n) is 2.93. The average molecular weight is 314 g/mol. The van der Waals surface area contributed by atoms with Gasteiger partial charge in [-0.3, -0.25) is 14.7 Å². The Labute approximate surface area is 131 Å². The molecule has 0 aliphatic carbocycles.